The van der Waals surface area contributed by atoms with Crippen LogP contribution >= 0.6 is 11.8 Å². The minimum absolute atomic E-state index is 0.740. The molecule has 0 aliphatic carbocycles. The maximum absolute atomic E-state index is 11.8. The summed E-state index contributed by atoms with van der Waals surface area (Å²) in [7, 11) is 1.64. The second-order valence-corrected chi connectivity index (χ2v) is 6.62. The first-order valence-electron chi connectivity index (χ1n) is 7.47. The van der Waals surface area contributed by atoms with E-state index in [1.165, 1.54) is 0 Å². The molecule has 0 spiro atoms. The Morgan fingerprint density at radius 1 is 0.826 bits per heavy atom. The summed E-state index contributed by atoms with van der Waals surface area (Å²) in [6, 6.07) is 23.7. The van der Waals surface area contributed by atoms with Gasteiger partial charge in [0.15, 0.2) is 0 Å². The average molecular weight is 320 g/mol. The first-order valence-corrected chi connectivity index (χ1v) is 8.29. The van der Waals surface area contributed by atoms with Gasteiger partial charge in [-0.1, -0.05) is 60.3 Å². The monoisotopic (exact) mass is 320 g/mol. The van der Waals surface area contributed by atoms with Gasteiger partial charge < -0.3 is 9.84 Å². The van der Waals surface area contributed by atoms with Crippen molar-refractivity contribution in [3.63, 3.8) is 0 Å². The van der Waals surface area contributed by atoms with E-state index in [1.807, 2.05) is 60.7 Å². The van der Waals surface area contributed by atoms with Gasteiger partial charge in [0.1, 0.15) is 11.4 Å². The predicted molar refractivity (Wildman–Crippen MR) is 92.1 cm³/mol. The average Bonchev–Trinajstić information content (AvgIpc) is 2.62. The molecule has 0 saturated carbocycles. The molecule has 4 rings (SSSR count). The second-order valence-electron chi connectivity index (χ2n) is 5.54. The van der Waals surface area contributed by atoms with Gasteiger partial charge in [0.25, 0.3) is 0 Å². The molecule has 1 aliphatic rings. The molecule has 0 aromatic heterocycles. The minimum Gasteiger partial charge on any atom is -0.497 e. The highest BCUT2D eigenvalue weighted by Crippen LogP contribution is 2.51. The van der Waals surface area contributed by atoms with Gasteiger partial charge in [-0.25, -0.2) is 0 Å². The van der Waals surface area contributed by atoms with Crippen LogP contribution in [0.4, 0.5) is 0 Å². The molecule has 0 saturated heterocycles. The lowest BCUT2D eigenvalue weighted by Gasteiger charge is -2.36. The number of ether oxygens (including phenoxy) is 1. The van der Waals surface area contributed by atoms with E-state index in [1.54, 1.807) is 18.9 Å². The Balaban J connectivity index is 2.03. The Bertz CT molecular complexity index is 827. The summed E-state index contributed by atoms with van der Waals surface area (Å²) >= 11 is 1.70. The van der Waals surface area contributed by atoms with E-state index < -0.39 is 5.60 Å². The van der Waals surface area contributed by atoms with Gasteiger partial charge in [-0.05, 0) is 29.8 Å². The van der Waals surface area contributed by atoms with E-state index in [9.17, 15) is 5.11 Å². The maximum atomic E-state index is 11.8. The molecule has 1 N–H and O–H groups in total. The lowest BCUT2D eigenvalue weighted by atomic mass is 9.80. The van der Waals surface area contributed by atoms with Crippen molar-refractivity contribution in [3.8, 4) is 5.75 Å². The van der Waals surface area contributed by atoms with Crippen LogP contribution in [0.3, 0.4) is 0 Å². The molecule has 0 fully saturated rings. The molecule has 0 amide bonds. The molecule has 3 heteroatoms. The summed E-state index contributed by atoms with van der Waals surface area (Å²) in [5.74, 6) is 0.740. The Morgan fingerprint density at radius 3 is 2.04 bits per heavy atom. The second kappa shape index (κ2) is 5.44. The molecule has 2 nitrogen and oxygen atoms in total. The van der Waals surface area contributed by atoms with Crippen LogP contribution in [-0.4, -0.2) is 12.2 Å². The lowest BCUT2D eigenvalue weighted by Crippen LogP contribution is -2.32. The molecule has 0 atom stereocenters. The highest BCUT2D eigenvalue weighted by Gasteiger charge is 2.40. The fourth-order valence-electron chi connectivity index (χ4n) is 3.13. The number of methoxy groups -OCH3 is 1. The van der Waals surface area contributed by atoms with Crippen LogP contribution in [0.1, 0.15) is 16.7 Å². The van der Waals surface area contributed by atoms with Crippen molar-refractivity contribution < 1.29 is 9.84 Å². The van der Waals surface area contributed by atoms with Crippen molar-refractivity contribution in [1.82, 2.24) is 0 Å². The van der Waals surface area contributed by atoms with Crippen LogP contribution in [-0.2, 0) is 5.60 Å². The van der Waals surface area contributed by atoms with Crippen LogP contribution in [0.25, 0.3) is 0 Å². The first-order chi connectivity index (χ1) is 11.2. The molecule has 0 radical (unpaired) electrons. The topological polar surface area (TPSA) is 29.5 Å². The minimum atomic E-state index is -1.17. The quantitative estimate of drug-likeness (QED) is 0.757. The molecule has 114 valence electrons. The molecule has 0 bridgehead atoms. The number of aliphatic hydroxyl groups is 1. The summed E-state index contributed by atoms with van der Waals surface area (Å²) in [6.45, 7) is 0. The number of hydrogen-bond acceptors (Lipinski definition) is 3. The van der Waals surface area contributed by atoms with Crippen molar-refractivity contribution >= 4 is 11.8 Å². The van der Waals surface area contributed by atoms with Crippen LogP contribution in [0, 0.1) is 0 Å². The summed E-state index contributed by atoms with van der Waals surface area (Å²) in [4.78, 5) is 2.16. The van der Waals surface area contributed by atoms with Gasteiger partial charge in [0.2, 0.25) is 0 Å². The predicted octanol–water partition coefficient (Wildman–Crippen LogP) is 4.44. The van der Waals surface area contributed by atoms with E-state index in [0.717, 1.165) is 32.2 Å². The fraction of sp³-hybridized carbons (Fsp3) is 0.100. The zero-order valence-corrected chi connectivity index (χ0v) is 13.5. The SMILES string of the molecule is COc1cccc(C2(O)c3ccccc3Sc3ccccc32)c1. The molecule has 23 heavy (non-hydrogen) atoms. The summed E-state index contributed by atoms with van der Waals surface area (Å²) in [6.07, 6.45) is 0. The molecular weight excluding hydrogens is 304 g/mol. The Morgan fingerprint density at radius 2 is 1.43 bits per heavy atom. The molecule has 3 aromatic carbocycles. The van der Waals surface area contributed by atoms with E-state index in [0.29, 0.717) is 0 Å². The Labute approximate surface area is 139 Å². The Hall–Kier alpha value is -2.23. The summed E-state index contributed by atoms with van der Waals surface area (Å²) in [5.41, 5.74) is 1.47. The number of hydrogen-bond donors (Lipinski definition) is 1. The number of rotatable bonds is 2. The van der Waals surface area contributed by atoms with Gasteiger partial charge >= 0.3 is 0 Å². The van der Waals surface area contributed by atoms with Gasteiger partial charge in [-0.3, -0.25) is 0 Å². The molecule has 1 heterocycles. The van der Waals surface area contributed by atoms with Crippen molar-refractivity contribution in [3.05, 3.63) is 89.5 Å². The van der Waals surface area contributed by atoms with Crippen LogP contribution in [0.15, 0.2) is 82.6 Å². The first kappa shape index (κ1) is 14.4. The van der Waals surface area contributed by atoms with Crippen LogP contribution in [0.5, 0.6) is 5.75 Å². The highest BCUT2D eigenvalue weighted by atomic mass is 32.2. The van der Waals surface area contributed by atoms with Gasteiger partial charge in [-0.15, -0.1) is 0 Å². The van der Waals surface area contributed by atoms with Crippen LogP contribution in [0.2, 0.25) is 0 Å². The van der Waals surface area contributed by atoms with E-state index >= 15 is 0 Å². The fourth-order valence-corrected chi connectivity index (χ4v) is 4.31. The van der Waals surface area contributed by atoms with Gasteiger partial charge in [0.05, 0.1) is 7.11 Å². The van der Waals surface area contributed by atoms with Crippen LogP contribution < -0.4 is 4.74 Å². The third-order valence-electron chi connectivity index (χ3n) is 4.26. The zero-order chi connectivity index (χ0) is 15.9. The van der Waals surface area contributed by atoms with Crippen molar-refractivity contribution in [2.24, 2.45) is 0 Å². The maximum Gasteiger partial charge on any atom is 0.142 e. The van der Waals surface area contributed by atoms with E-state index in [4.69, 9.17) is 4.74 Å². The highest BCUT2D eigenvalue weighted by molar-refractivity contribution is 7.99. The smallest absolute Gasteiger partial charge is 0.142 e. The molecular formula is C20H16O2S. The van der Waals surface area contributed by atoms with Gasteiger partial charge in [0, 0.05) is 20.9 Å². The number of benzene rings is 3. The number of fused-ring (bicyclic) bond motifs is 2. The van der Waals surface area contributed by atoms with Crippen molar-refractivity contribution in [1.29, 1.82) is 0 Å². The molecule has 1 aliphatic heterocycles. The molecule has 3 aromatic rings. The summed E-state index contributed by atoms with van der Waals surface area (Å²) < 4.78 is 5.35. The largest absolute Gasteiger partial charge is 0.497 e. The standard InChI is InChI=1S/C20H16O2S/c1-22-15-8-6-7-14(13-15)20(21)16-9-2-4-11-18(16)23-19-12-5-3-10-17(19)20/h2-13,21H,1H3. The van der Waals surface area contributed by atoms with E-state index in [2.05, 4.69) is 12.1 Å². The molecule has 0 unspecified atom stereocenters. The van der Waals surface area contributed by atoms with Gasteiger partial charge in [-0.2, -0.15) is 0 Å². The third kappa shape index (κ3) is 2.16. The third-order valence-corrected chi connectivity index (χ3v) is 5.41. The van der Waals surface area contributed by atoms with E-state index in [-0.39, 0.29) is 0 Å². The Kier molecular flexibility index (Phi) is 3.40. The summed E-state index contributed by atoms with van der Waals surface area (Å²) in [5, 5.41) is 11.8. The zero-order valence-electron chi connectivity index (χ0n) is 12.7. The normalized spacial score (nSPS) is 14.7. The lowest BCUT2D eigenvalue weighted by molar-refractivity contribution is 0.118. The van der Waals surface area contributed by atoms with Crippen molar-refractivity contribution in [2.45, 2.75) is 15.4 Å². The van der Waals surface area contributed by atoms with Crippen molar-refractivity contribution in [2.75, 3.05) is 7.11 Å².